The molecule has 2 aromatic heterocycles. The van der Waals surface area contributed by atoms with Gasteiger partial charge in [0.05, 0.1) is 22.6 Å². The highest BCUT2D eigenvalue weighted by atomic mass is 15.3. The number of rotatable bonds is 1. The van der Waals surface area contributed by atoms with Gasteiger partial charge in [-0.25, -0.2) is 0 Å². The van der Waals surface area contributed by atoms with Gasteiger partial charge in [0, 0.05) is 30.2 Å². The monoisotopic (exact) mass is 397 g/mol. The van der Waals surface area contributed by atoms with Crippen LogP contribution in [0.3, 0.4) is 0 Å². The van der Waals surface area contributed by atoms with E-state index in [1.807, 2.05) is 6.20 Å². The van der Waals surface area contributed by atoms with Gasteiger partial charge in [0.25, 0.3) is 0 Å². The average molecular weight is 398 g/mol. The fraction of sp³-hybridized carbons (Fsp3) is 0.519. The smallest absolute Gasteiger partial charge is 0.0940 e. The quantitative estimate of drug-likeness (QED) is 0.494. The molecule has 3 heterocycles. The SMILES string of the molecule is Cc1ccccc1N1[C@@H](C)c2c(c3ncccc3n2C)C12C1CC3CC(C1)CC2C3. The van der Waals surface area contributed by atoms with Gasteiger partial charge in [0.15, 0.2) is 0 Å². The van der Waals surface area contributed by atoms with Crippen molar-refractivity contribution >= 4 is 16.7 Å². The number of para-hydroxylation sites is 1. The van der Waals surface area contributed by atoms with E-state index in [-0.39, 0.29) is 5.54 Å². The lowest BCUT2D eigenvalue weighted by Gasteiger charge is -2.64. The van der Waals surface area contributed by atoms with Crippen molar-refractivity contribution in [2.24, 2.45) is 30.7 Å². The largest absolute Gasteiger partial charge is 0.353 e. The third-order valence-electron chi connectivity index (χ3n) is 9.34. The van der Waals surface area contributed by atoms with Crippen LogP contribution in [0, 0.1) is 30.6 Å². The van der Waals surface area contributed by atoms with Crippen LogP contribution < -0.4 is 4.90 Å². The molecular formula is C27H31N3. The predicted molar refractivity (Wildman–Crippen MR) is 122 cm³/mol. The van der Waals surface area contributed by atoms with E-state index in [9.17, 15) is 0 Å². The number of fused-ring (bicyclic) bond motifs is 3. The second kappa shape index (κ2) is 5.69. The van der Waals surface area contributed by atoms with E-state index >= 15 is 0 Å². The van der Waals surface area contributed by atoms with E-state index in [1.165, 1.54) is 60.1 Å². The molecule has 1 spiro atoms. The average Bonchev–Trinajstić information content (AvgIpc) is 3.18. The molecule has 0 unspecified atom stereocenters. The highest BCUT2D eigenvalue weighted by Gasteiger charge is 2.66. The van der Waals surface area contributed by atoms with Gasteiger partial charge in [-0.15, -0.1) is 0 Å². The number of pyridine rings is 1. The summed E-state index contributed by atoms with van der Waals surface area (Å²) in [6.07, 6.45) is 9.13. The number of aromatic nitrogens is 2. The molecule has 3 aromatic rings. The summed E-state index contributed by atoms with van der Waals surface area (Å²) in [6, 6.07) is 13.8. The summed E-state index contributed by atoms with van der Waals surface area (Å²) < 4.78 is 2.47. The topological polar surface area (TPSA) is 21.1 Å². The van der Waals surface area contributed by atoms with Crippen molar-refractivity contribution < 1.29 is 0 Å². The van der Waals surface area contributed by atoms with E-state index in [4.69, 9.17) is 4.98 Å². The van der Waals surface area contributed by atoms with Crippen LogP contribution in [0.1, 0.15) is 61.9 Å². The summed E-state index contributed by atoms with van der Waals surface area (Å²) >= 11 is 0. The molecule has 0 radical (unpaired) electrons. The summed E-state index contributed by atoms with van der Waals surface area (Å²) in [5.74, 6) is 3.42. The molecule has 4 aliphatic carbocycles. The molecule has 4 fully saturated rings. The number of nitrogens with zero attached hydrogens (tertiary/aromatic N) is 3. The standard InChI is InChI=1S/C27H31N3/c1-16-7-4-5-8-22(16)30-17(2)26-24(25-23(29(26)3)9-6-10-28-25)27(30)20-12-18-11-19(14-20)15-21(27)13-18/h4-10,17-21H,11-15H2,1-3H3/t17-,18?,19?,20?,21?,27?/m0/s1. The van der Waals surface area contributed by atoms with Gasteiger partial charge >= 0.3 is 0 Å². The van der Waals surface area contributed by atoms with Crippen molar-refractivity contribution in [2.45, 2.75) is 57.5 Å². The summed E-state index contributed by atoms with van der Waals surface area (Å²) in [5, 5.41) is 0. The van der Waals surface area contributed by atoms with Crippen molar-refractivity contribution in [3.05, 3.63) is 59.4 Å². The van der Waals surface area contributed by atoms with Gasteiger partial charge in [0.2, 0.25) is 0 Å². The van der Waals surface area contributed by atoms with Crippen molar-refractivity contribution in [1.82, 2.24) is 9.55 Å². The molecule has 5 aliphatic rings. The Labute approximate surface area is 179 Å². The molecule has 154 valence electrons. The molecule has 0 saturated heterocycles. The van der Waals surface area contributed by atoms with Crippen LogP contribution in [0.5, 0.6) is 0 Å². The van der Waals surface area contributed by atoms with E-state index in [0.29, 0.717) is 6.04 Å². The number of aryl methyl sites for hydroxylation is 2. The Morgan fingerprint density at radius 1 is 0.933 bits per heavy atom. The van der Waals surface area contributed by atoms with Crippen molar-refractivity contribution in [3.8, 4) is 0 Å². The molecule has 1 aromatic carbocycles. The van der Waals surface area contributed by atoms with Crippen LogP contribution in [-0.4, -0.2) is 9.55 Å². The minimum atomic E-state index is 0.113. The first kappa shape index (κ1) is 17.4. The predicted octanol–water partition coefficient (Wildman–Crippen LogP) is 6.11. The maximum atomic E-state index is 5.02. The van der Waals surface area contributed by atoms with Gasteiger partial charge in [-0.05, 0) is 93.4 Å². The Kier molecular flexibility index (Phi) is 3.30. The molecule has 30 heavy (non-hydrogen) atoms. The minimum absolute atomic E-state index is 0.113. The zero-order valence-electron chi connectivity index (χ0n) is 18.3. The maximum Gasteiger partial charge on any atom is 0.0940 e. The lowest BCUT2D eigenvalue weighted by Crippen LogP contribution is -2.62. The van der Waals surface area contributed by atoms with Gasteiger partial charge in [-0.1, -0.05) is 18.2 Å². The summed E-state index contributed by atoms with van der Waals surface area (Å²) in [5.41, 5.74) is 8.64. The van der Waals surface area contributed by atoms with Crippen molar-refractivity contribution in [2.75, 3.05) is 4.90 Å². The molecule has 3 nitrogen and oxygen atoms in total. The Hall–Kier alpha value is -2.29. The highest BCUT2D eigenvalue weighted by molar-refractivity contribution is 5.86. The molecule has 4 bridgehead atoms. The van der Waals surface area contributed by atoms with E-state index in [2.05, 4.69) is 66.8 Å². The van der Waals surface area contributed by atoms with Gasteiger partial charge in [-0.2, -0.15) is 0 Å². The molecule has 0 amide bonds. The van der Waals surface area contributed by atoms with Crippen LogP contribution in [-0.2, 0) is 12.6 Å². The number of benzene rings is 1. The summed E-state index contributed by atoms with van der Waals surface area (Å²) in [7, 11) is 2.27. The summed E-state index contributed by atoms with van der Waals surface area (Å²) in [6.45, 7) is 4.75. The Balaban J connectivity index is 1.58. The number of hydrogen-bond acceptors (Lipinski definition) is 2. The van der Waals surface area contributed by atoms with Crippen LogP contribution in [0.15, 0.2) is 42.6 Å². The zero-order chi connectivity index (χ0) is 20.2. The van der Waals surface area contributed by atoms with Crippen molar-refractivity contribution in [1.29, 1.82) is 0 Å². The molecular weight excluding hydrogens is 366 g/mol. The first-order chi connectivity index (χ1) is 14.6. The minimum Gasteiger partial charge on any atom is -0.353 e. The Morgan fingerprint density at radius 2 is 1.63 bits per heavy atom. The van der Waals surface area contributed by atoms with Crippen LogP contribution in [0.2, 0.25) is 0 Å². The van der Waals surface area contributed by atoms with Crippen LogP contribution in [0.4, 0.5) is 5.69 Å². The molecule has 4 saturated carbocycles. The van der Waals surface area contributed by atoms with Crippen molar-refractivity contribution in [3.63, 3.8) is 0 Å². The van der Waals surface area contributed by atoms with E-state index < -0.39 is 0 Å². The molecule has 1 atom stereocenters. The Morgan fingerprint density at radius 3 is 2.33 bits per heavy atom. The Bertz CT molecular complexity index is 1140. The summed E-state index contributed by atoms with van der Waals surface area (Å²) in [4.78, 5) is 7.90. The second-order valence-electron chi connectivity index (χ2n) is 10.7. The van der Waals surface area contributed by atoms with Gasteiger partial charge < -0.3 is 9.47 Å². The van der Waals surface area contributed by atoms with Gasteiger partial charge in [0.1, 0.15) is 0 Å². The molecule has 1 aliphatic heterocycles. The fourth-order valence-corrected chi connectivity index (χ4v) is 8.67. The number of anilines is 1. The fourth-order valence-electron chi connectivity index (χ4n) is 8.67. The highest BCUT2D eigenvalue weighted by Crippen LogP contribution is 2.69. The maximum absolute atomic E-state index is 5.02. The van der Waals surface area contributed by atoms with E-state index in [0.717, 1.165) is 23.7 Å². The first-order valence-electron chi connectivity index (χ1n) is 11.9. The third kappa shape index (κ3) is 1.87. The molecule has 0 N–H and O–H groups in total. The zero-order valence-corrected chi connectivity index (χ0v) is 18.3. The normalized spacial score (nSPS) is 36.2. The number of hydrogen-bond donors (Lipinski definition) is 0. The van der Waals surface area contributed by atoms with E-state index in [1.54, 1.807) is 5.56 Å². The molecule has 8 rings (SSSR count). The van der Waals surface area contributed by atoms with Crippen LogP contribution >= 0.6 is 0 Å². The first-order valence-corrected chi connectivity index (χ1v) is 11.9. The lowest BCUT2D eigenvalue weighted by molar-refractivity contribution is -0.0597. The second-order valence-corrected chi connectivity index (χ2v) is 10.7. The van der Waals surface area contributed by atoms with Crippen LogP contribution in [0.25, 0.3) is 11.0 Å². The third-order valence-corrected chi connectivity index (χ3v) is 9.34. The van der Waals surface area contributed by atoms with Gasteiger partial charge in [-0.3, -0.25) is 4.98 Å². The lowest BCUT2D eigenvalue weighted by atomic mass is 9.47. The molecule has 3 heteroatoms.